The summed E-state index contributed by atoms with van der Waals surface area (Å²) in [5.41, 5.74) is 2.64. The summed E-state index contributed by atoms with van der Waals surface area (Å²) in [6, 6.07) is 8.39. The van der Waals surface area contributed by atoms with Crippen molar-refractivity contribution in [1.82, 2.24) is 0 Å². The minimum absolute atomic E-state index is 0.506. The van der Waals surface area contributed by atoms with E-state index in [9.17, 15) is 0 Å². The van der Waals surface area contributed by atoms with E-state index in [1.807, 2.05) is 6.08 Å². The summed E-state index contributed by atoms with van der Waals surface area (Å²) in [6.45, 7) is 4.80. The van der Waals surface area contributed by atoms with Crippen LogP contribution in [0.3, 0.4) is 0 Å². The summed E-state index contributed by atoms with van der Waals surface area (Å²) in [6.07, 6.45) is 2.00. The molecule has 1 aromatic rings. The predicted octanol–water partition coefficient (Wildman–Crippen LogP) is 2.38. The number of nitrogens with one attached hydrogen (secondary N) is 1. The van der Waals surface area contributed by atoms with Crippen molar-refractivity contribution in [3.05, 3.63) is 42.5 Å². The van der Waals surface area contributed by atoms with Crippen molar-refractivity contribution in [3.8, 4) is 0 Å². The fraction of sp³-hybridized carbons (Fsp3) is 0.200. The lowest BCUT2D eigenvalue weighted by molar-refractivity contribution is 0.952. The molecule has 1 N–H and O–H groups in total. The maximum Gasteiger partial charge on any atom is 0.0379 e. The second-order valence-corrected chi connectivity index (χ2v) is 2.81. The van der Waals surface area contributed by atoms with Gasteiger partial charge in [0.05, 0.1) is 0 Å². The highest BCUT2D eigenvalue weighted by Crippen LogP contribution is 2.31. The number of rotatable bonds is 1. The molecule has 0 bridgehead atoms. The average molecular weight is 145 g/mol. The van der Waals surface area contributed by atoms with E-state index >= 15 is 0 Å². The molecule has 1 heteroatoms. The van der Waals surface area contributed by atoms with Gasteiger partial charge in [0.25, 0.3) is 0 Å². The van der Waals surface area contributed by atoms with Crippen LogP contribution < -0.4 is 5.32 Å². The van der Waals surface area contributed by atoms with Gasteiger partial charge in [0.2, 0.25) is 0 Å². The highest BCUT2D eigenvalue weighted by Gasteiger charge is 2.17. The van der Waals surface area contributed by atoms with Gasteiger partial charge in [0.15, 0.2) is 0 Å². The van der Waals surface area contributed by atoms with E-state index < -0.39 is 0 Å². The zero-order chi connectivity index (χ0) is 7.68. The third-order valence-corrected chi connectivity index (χ3v) is 2.16. The van der Waals surface area contributed by atoms with E-state index in [4.69, 9.17) is 0 Å². The van der Waals surface area contributed by atoms with Crippen LogP contribution in [0.25, 0.3) is 0 Å². The summed E-state index contributed by atoms with van der Waals surface area (Å²) >= 11 is 0. The largest absolute Gasteiger partial charge is 0.384 e. The topological polar surface area (TPSA) is 12.0 Å². The molecule has 1 unspecified atom stereocenters. The second kappa shape index (κ2) is 2.42. The molecule has 1 heterocycles. The lowest BCUT2D eigenvalue weighted by atomic mass is 10.0. The first kappa shape index (κ1) is 6.47. The van der Waals surface area contributed by atoms with Gasteiger partial charge in [-0.25, -0.2) is 0 Å². The molecular formula is C10H11N. The van der Waals surface area contributed by atoms with E-state index in [0.717, 1.165) is 6.54 Å². The van der Waals surface area contributed by atoms with Crippen molar-refractivity contribution < 1.29 is 0 Å². The Bertz CT molecular complexity index is 278. The van der Waals surface area contributed by atoms with Crippen molar-refractivity contribution in [3.63, 3.8) is 0 Å². The van der Waals surface area contributed by atoms with Gasteiger partial charge in [0, 0.05) is 18.2 Å². The molecule has 0 saturated carbocycles. The highest BCUT2D eigenvalue weighted by atomic mass is 14.9. The molecule has 56 valence electrons. The quantitative estimate of drug-likeness (QED) is 0.598. The molecule has 0 aliphatic carbocycles. The van der Waals surface area contributed by atoms with Crippen LogP contribution >= 0.6 is 0 Å². The Morgan fingerprint density at radius 3 is 3.09 bits per heavy atom. The normalized spacial score (nSPS) is 20.5. The average Bonchev–Trinajstić information content (AvgIpc) is 2.47. The molecule has 0 saturated heterocycles. The molecule has 11 heavy (non-hydrogen) atoms. The standard InChI is InChI=1S/C10H11N/c1-2-8-7-11-10-6-4-3-5-9(8)10/h2-6,8,11H,1,7H2. The van der Waals surface area contributed by atoms with Crippen LogP contribution in [0.2, 0.25) is 0 Å². The number of hydrogen-bond donors (Lipinski definition) is 1. The predicted molar refractivity (Wildman–Crippen MR) is 47.9 cm³/mol. The lowest BCUT2D eigenvalue weighted by Crippen LogP contribution is -1.97. The van der Waals surface area contributed by atoms with Crippen LogP contribution in [0.5, 0.6) is 0 Å². The number of para-hydroxylation sites is 1. The lowest BCUT2D eigenvalue weighted by Gasteiger charge is -2.00. The van der Waals surface area contributed by atoms with Crippen LogP contribution in [0.15, 0.2) is 36.9 Å². The molecular weight excluding hydrogens is 134 g/mol. The third-order valence-electron chi connectivity index (χ3n) is 2.16. The Labute approximate surface area is 66.7 Å². The molecule has 2 rings (SSSR count). The number of anilines is 1. The number of benzene rings is 1. The molecule has 1 aliphatic rings. The minimum Gasteiger partial charge on any atom is -0.384 e. The van der Waals surface area contributed by atoms with Gasteiger partial charge in [-0.2, -0.15) is 0 Å². The van der Waals surface area contributed by atoms with Crippen molar-refractivity contribution in [2.24, 2.45) is 0 Å². The van der Waals surface area contributed by atoms with Gasteiger partial charge in [-0.15, -0.1) is 6.58 Å². The van der Waals surface area contributed by atoms with Crippen LogP contribution in [0.1, 0.15) is 11.5 Å². The molecule has 0 fully saturated rings. The van der Waals surface area contributed by atoms with E-state index in [1.165, 1.54) is 11.3 Å². The van der Waals surface area contributed by atoms with Gasteiger partial charge < -0.3 is 5.32 Å². The smallest absolute Gasteiger partial charge is 0.0379 e. The SMILES string of the molecule is C=CC1CNc2ccccc21. The first-order valence-electron chi connectivity index (χ1n) is 3.87. The number of fused-ring (bicyclic) bond motifs is 1. The van der Waals surface area contributed by atoms with Crippen LogP contribution in [0, 0.1) is 0 Å². The Morgan fingerprint density at radius 1 is 1.45 bits per heavy atom. The molecule has 1 aliphatic heterocycles. The van der Waals surface area contributed by atoms with E-state index in [1.54, 1.807) is 0 Å². The van der Waals surface area contributed by atoms with Crippen LogP contribution in [-0.4, -0.2) is 6.54 Å². The molecule has 0 radical (unpaired) electrons. The summed E-state index contributed by atoms with van der Waals surface area (Å²) in [4.78, 5) is 0. The fourth-order valence-corrected chi connectivity index (χ4v) is 1.52. The first-order chi connectivity index (χ1) is 5.42. The summed E-state index contributed by atoms with van der Waals surface area (Å²) < 4.78 is 0. The van der Waals surface area contributed by atoms with Gasteiger partial charge in [-0.3, -0.25) is 0 Å². The molecule has 1 nitrogen and oxygen atoms in total. The molecule has 0 aromatic heterocycles. The molecule has 1 aromatic carbocycles. The van der Waals surface area contributed by atoms with Crippen LogP contribution in [-0.2, 0) is 0 Å². The maximum atomic E-state index is 3.80. The van der Waals surface area contributed by atoms with Crippen molar-refractivity contribution in [2.75, 3.05) is 11.9 Å². The zero-order valence-electron chi connectivity index (χ0n) is 6.38. The Hall–Kier alpha value is -1.24. The molecule has 0 spiro atoms. The highest BCUT2D eigenvalue weighted by molar-refractivity contribution is 5.58. The zero-order valence-corrected chi connectivity index (χ0v) is 6.38. The van der Waals surface area contributed by atoms with Crippen molar-refractivity contribution in [1.29, 1.82) is 0 Å². The summed E-state index contributed by atoms with van der Waals surface area (Å²) in [5, 5.41) is 3.33. The Kier molecular flexibility index (Phi) is 1.42. The number of hydrogen-bond acceptors (Lipinski definition) is 1. The molecule has 1 atom stereocenters. The first-order valence-corrected chi connectivity index (χ1v) is 3.87. The van der Waals surface area contributed by atoms with Gasteiger partial charge in [-0.05, 0) is 11.6 Å². The fourth-order valence-electron chi connectivity index (χ4n) is 1.52. The van der Waals surface area contributed by atoms with Crippen LogP contribution in [0.4, 0.5) is 5.69 Å². The van der Waals surface area contributed by atoms with Gasteiger partial charge in [0.1, 0.15) is 0 Å². The minimum atomic E-state index is 0.506. The monoisotopic (exact) mass is 145 g/mol. The Morgan fingerprint density at radius 2 is 2.27 bits per heavy atom. The summed E-state index contributed by atoms with van der Waals surface area (Å²) in [7, 11) is 0. The van der Waals surface area contributed by atoms with Crippen molar-refractivity contribution in [2.45, 2.75) is 5.92 Å². The van der Waals surface area contributed by atoms with E-state index in [-0.39, 0.29) is 0 Å². The van der Waals surface area contributed by atoms with Crippen molar-refractivity contribution >= 4 is 5.69 Å². The molecule has 0 amide bonds. The second-order valence-electron chi connectivity index (χ2n) is 2.81. The maximum absolute atomic E-state index is 3.80. The third kappa shape index (κ3) is 0.929. The van der Waals surface area contributed by atoms with Gasteiger partial charge >= 0.3 is 0 Å². The summed E-state index contributed by atoms with van der Waals surface area (Å²) in [5.74, 6) is 0.506. The Balaban J connectivity index is 2.46. The van der Waals surface area contributed by atoms with Gasteiger partial charge in [-0.1, -0.05) is 24.3 Å². The van der Waals surface area contributed by atoms with E-state index in [0.29, 0.717) is 5.92 Å². The van der Waals surface area contributed by atoms with E-state index in [2.05, 4.69) is 36.2 Å².